The van der Waals surface area contributed by atoms with Crippen molar-refractivity contribution in [1.29, 1.82) is 0 Å². The zero-order valence-corrected chi connectivity index (χ0v) is 13.3. The zero-order valence-electron chi connectivity index (χ0n) is 11.7. The zero-order chi connectivity index (χ0) is 15.5. The minimum atomic E-state index is -0.453. The van der Waals surface area contributed by atoms with E-state index in [4.69, 9.17) is 9.47 Å². The van der Waals surface area contributed by atoms with Gasteiger partial charge < -0.3 is 9.47 Å². The number of benzene rings is 2. The molecular weight excluding hydrogens is 346 g/mol. The molecule has 0 aromatic heterocycles. The summed E-state index contributed by atoms with van der Waals surface area (Å²) in [5.74, 6) is 0.537. The van der Waals surface area contributed by atoms with E-state index in [1.54, 1.807) is 31.4 Å². The number of hydrogen-bond donors (Lipinski definition) is 0. The highest BCUT2D eigenvalue weighted by molar-refractivity contribution is 9.10. The number of carbonyl (C=O) groups excluding carboxylic acids is 1. The van der Waals surface area contributed by atoms with E-state index in [-0.39, 0.29) is 11.6 Å². The van der Waals surface area contributed by atoms with Gasteiger partial charge in [-0.3, -0.25) is 0 Å². The summed E-state index contributed by atoms with van der Waals surface area (Å²) in [6.07, 6.45) is 1.70. The van der Waals surface area contributed by atoms with Gasteiger partial charge in [0.2, 0.25) is 5.90 Å². The molecule has 0 radical (unpaired) electrons. The van der Waals surface area contributed by atoms with E-state index in [9.17, 15) is 4.79 Å². The summed E-state index contributed by atoms with van der Waals surface area (Å²) in [5, 5.41) is 0. The predicted molar refractivity (Wildman–Crippen MR) is 87.7 cm³/mol. The van der Waals surface area contributed by atoms with Gasteiger partial charge in [0.1, 0.15) is 5.75 Å². The molecule has 0 amide bonds. The summed E-state index contributed by atoms with van der Waals surface area (Å²) in [5.41, 5.74) is 1.89. The third-order valence-corrected chi connectivity index (χ3v) is 3.74. The average molecular weight is 358 g/mol. The van der Waals surface area contributed by atoms with E-state index in [0.717, 1.165) is 10.0 Å². The lowest BCUT2D eigenvalue weighted by molar-refractivity contribution is -0.129. The van der Waals surface area contributed by atoms with Crippen molar-refractivity contribution in [3.63, 3.8) is 0 Å². The first-order valence-corrected chi connectivity index (χ1v) is 7.38. The number of halogens is 1. The minimum absolute atomic E-state index is 0.285. The molecule has 0 fully saturated rings. The normalized spacial score (nSPS) is 15.6. The summed E-state index contributed by atoms with van der Waals surface area (Å²) < 4.78 is 11.2. The first kappa shape index (κ1) is 14.5. The highest BCUT2D eigenvalue weighted by atomic mass is 79.9. The Morgan fingerprint density at radius 1 is 1.18 bits per heavy atom. The van der Waals surface area contributed by atoms with Crippen LogP contribution in [0.2, 0.25) is 0 Å². The minimum Gasteiger partial charge on any atom is -0.496 e. The summed E-state index contributed by atoms with van der Waals surface area (Å²) >= 11 is 3.40. The van der Waals surface area contributed by atoms with Crippen molar-refractivity contribution in [2.75, 3.05) is 7.11 Å². The molecule has 3 rings (SSSR count). The maximum atomic E-state index is 11.9. The van der Waals surface area contributed by atoms with Gasteiger partial charge in [0, 0.05) is 5.56 Å². The molecule has 1 aliphatic heterocycles. The van der Waals surface area contributed by atoms with Gasteiger partial charge in [-0.15, -0.1) is 0 Å². The van der Waals surface area contributed by atoms with Crippen molar-refractivity contribution < 1.29 is 14.3 Å². The van der Waals surface area contributed by atoms with E-state index >= 15 is 0 Å². The van der Waals surface area contributed by atoms with Gasteiger partial charge in [-0.2, -0.15) is 0 Å². The van der Waals surface area contributed by atoms with Crippen LogP contribution in [0.1, 0.15) is 11.1 Å². The second-order valence-corrected chi connectivity index (χ2v) is 5.45. The van der Waals surface area contributed by atoms with Crippen LogP contribution in [0.15, 0.2) is 63.7 Å². The van der Waals surface area contributed by atoms with Gasteiger partial charge in [-0.1, -0.05) is 30.3 Å². The highest BCUT2D eigenvalue weighted by Gasteiger charge is 2.24. The molecular formula is C17H12BrNO3. The molecule has 0 saturated heterocycles. The fourth-order valence-corrected chi connectivity index (χ4v) is 2.58. The number of hydrogen-bond acceptors (Lipinski definition) is 4. The van der Waals surface area contributed by atoms with Gasteiger partial charge in [-0.25, -0.2) is 9.79 Å². The number of cyclic esters (lactones) is 1. The first-order valence-electron chi connectivity index (χ1n) is 6.59. The molecule has 22 heavy (non-hydrogen) atoms. The largest absolute Gasteiger partial charge is 0.496 e. The Kier molecular flexibility index (Phi) is 4.06. The van der Waals surface area contributed by atoms with Crippen molar-refractivity contribution in [1.82, 2.24) is 0 Å². The molecule has 0 N–H and O–H groups in total. The van der Waals surface area contributed by atoms with Crippen LogP contribution >= 0.6 is 15.9 Å². The number of carbonyl (C=O) groups is 1. The second kappa shape index (κ2) is 6.15. The Morgan fingerprint density at radius 2 is 1.95 bits per heavy atom. The number of nitrogens with zero attached hydrogens (tertiary/aromatic N) is 1. The topological polar surface area (TPSA) is 47.9 Å². The highest BCUT2D eigenvalue weighted by Crippen LogP contribution is 2.27. The molecule has 0 aliphatic carbocycles. The third kappa shape index (κ3) is 2.94. The molecule has 110 valence electrons. The number of aliphatic imine (C=N–C) groups is 1. The predicted octanol–water partition coefficient (Wildman–Crippen LogP) is 3.80. The van der Waals surface area contributed by atoms with Crippen LogP contribution in [0.25, 0.3) is 6.08 Å². The number of ether oxygens (including phenoxy) is 2. The van der Waals surface area contributed by atoms with Crippen molar-refractivity contribution in [2.24, 2.45) is 4.99 Å². The standard InChI is InChI=1S/C17H12BrNO3/c1-21-15-8-7-12(10-13(15)18)16-19-14(17(20)22-16)9-11-5-3-2-4-6-11/h2-10H,1H3. The Bertz CT molecular complexity index is 782. The smallest absolute Gasteiger partial charge is 0.363 e. The SMILES string of the molecule is COc1ccc(C2=NC(=Cc3ccccc3)C(=O)O2)cc1Br. The van der Waals surface area contributed by atoms with E-state index in [2.05, 4.69) is 20.9 Å². The lowest BCUT2D eigenvalue weighted by Gasteiger charge is -2.05. The van der Waals surface area contributed by atoms with E-state index in [0.29, 0.717) is 11.3 Å². The van der Waals surface area contributed by atoms with Crippen molar-refractivity contribution in [3.05, 3.63) is 69.8 Å². The van der Waals surface area contributed by atoms with E-state index in [1.165, 1.54) is 0 Å². The fourth-order valence-electron chi connectivity index (χ4n) is 2.04. The monoisotopic (exact) mass is 357 g/mol. The maximum Gasteiger partial charge on any atom is 0.363 e. The molecule has 0 unspecified atom stereocenters. The maximum absolute atomic E-state index is 11.9. The number of esters is 1. The van der Waals surface area contributed by atoms with Crippen LogP contribution in [-0.4, -0.2) is 19.0 Å². The van der Waals surface area contributed by atoms with Crippen LogP contribution in [0, 0.1) is 0 Å². The molecule has 5 heteroatoms. The Labute approximate surface area is 136 Å². The molecule has 1 heterocycles. The lowest BCUT2D eigenvalue weighted by atomic mass is 10.2. The van der Waals surface area contributed by atoms with Gasteiger partial charge in [0.25, 0.3) is 0 Å². The van der Waals surface area contributed by atoms with Gasteiger partial charge in [0.05, 0.1) is 11.6 Å². The van der Waals surface area contributed by atoms with Crippen LogP contribution in [0.5, 0.6) is 5.75 Å². The molecule has 2 aromatic carbocycles. The van der Waals surface area contributed by atoms with Gasteiger partial charge >= 0.3 is 5.97 Å². The summed E-state index contributed by atoms with van der Waals surface area (Å²) in [7, 11) is 1.59. The van der Waals surface area contributed by atoms with Crippen LogP contribution in [0.4, 0.5) is 0 Å². The first-order chi connectivity index (χ1) is 10.7. The van der Waals surface area contributed by atoms with Crippen LogP contribution < -0.4 is 4.74 Å². The van der Waals surface area contributed by atoms with E-state index in [1.807, 2.05) is 30.3 Å². The third-order valence-electron chi connectivity index (χ3n) is 3.12. The average Bonchev–Trinajstić information content (AvgIpc) is 2.89. The summed E-state index contributed by atoms with van der Waals surface area (Å²) in [6.45, 7) is 0. The quantitative estimate of drug-likeness (QED) is 0.619. The molecule has 0 saturated carbocycles. The molecule has 0 spiro atoms. The van der Waals surface area contributed by atoms with Crippen LogP contribution in [0.3, 0.4) is 0 Å². The van der Waals surface area contributed by atoms with E-state index < -0.39 is 5.97 Å². The molecule has 0 atom stereocenters. The molecule has 1 aliphatic rings. The Hall–Kier alpha value is -2.40. The van der Waals surface area contributed by atoms with Gasteiger partial charge in [0.15, 0.2) is 5.70 Å². The Morgan fingerprint density at radius 3 is 2.64 bits per heavy atom. The summed E-state index contributed by atoms with van der Waals surface area (Å²) in [4.78, 5) is 16.2. The lowest BCUT2D eigenvalue weighted by Crippen LogP contribution is -2.05. The van der Waals surface area contributed by atoms with Crippen molar-refractivity contribution >= 4 is 33.9 Å². The number of methoxy groups -OCH3 is 1. The fraction of sp³-hybridized carbons (Fsp3) is 0.0588. The second-order valence-electron chi connectivity index (χ2n) is 4.60. The van der Waals surface area contributed by atoms with Crippen molar-refractivity contribution in [2.45, 2.75) is 0 Å². The van der Waals surface area contributed by atoms with Gasteiger partial charge in [-0.05, 0) is 45.8 Å². The molecule has 4 nitrogen and oxygen atoms in total. The number of rotatable bonds is 3. The Balaban J connectivity index is 1.93. The van der Waals surface area contributed by atoms with Crippen molar-refractivity contribution in [3.8, 4) is 5.75 Å². The van der Waals surface area contributed by atoms with Crippen LogP contribution in [-0.2, 0) is 9.53 Å². The summed E-state index contributed by atoms with van der Waals surface area (Å²) in [6, 6.07) is 14.9. The molecule has 0 bridgehead atoms. The molecule has 2 aromatic rings.